The summed E-state index contributed by atoms with van der Waals surface area (Å²) < 4.78 is 41.4. The molecule has 0 amide bonds. The lowest BCUT2D eigenvalue weighted by molar-refractivity contribution is 0.112. The minimum atomic E-state index is -3.99. The van der Waals surface area contributed by atoms with Crippen LogP contribution in [0.25, 0.3) is 28.1 Å². The standard InChI is InChI=1S/C24H21FN4O3S/c1-2-22(33(26,31)32)20-5-3-4-19(23(20)25)21-14-29(18-8-6-16(15-30)7-9-18)28-24(21)17-10-12-27-13-11-17/h3-15,22H,2H2,1H3,(H2,26,31,32). The summed E-state index contributed by atoms with van der Waals surface area (Å²) in [5.41, 5.74) is 3.10. The molecule has 0 fully saturated rings. The predicted octanol–water partition coefficient (Wildman–Crippen LogP) is 4.29. The van der Waals surface area contributed by atoms with Gasteiger partial charge in [-0.1, -0.05) is 25.1 Å². The highest BCUT2D eigenvalue weighted by Crippen LogP contribution is 2.37. The molecule has 9 heteroatoms. The first kappa shape index (κ1) is 22.5. The number of carbonyl (C=O) groups is 1. The highest BCUT2D eigenvalue weighted by molar-refractivity contribution is 7.89. The third-order valence-electron chi connectivity index (χ3n) is 5.39. The van der Waals surface area contributed by atoms with Crippen molar-refractivity contribution in [3.63, 3.8) is 0 Å². The average molecular weight is 465 g/mol. The van der Waals surface area contributed by atoms with Crippen LogP contribution in [0, 0.1) is 5.82 Å². The SMILES string of the molecule is CCC(c1cccc(-c2cn(-c3ccc(C=O)cc3)nc2-c2ccncc2)c1F)S(N)(=O)=O. The molecule has 0 aliphatic rings. The highest BCUT2D eigenvalue weighted by atomic mass is 32.2. The second-order valence-corrected chi connectivity index (χ2v) is 9.22. The Morgan fingerprint density at radius 1 is 1.06 bits per heavy atom. The van der Waals surface area contributed by atoms with Crippen LogP contribution in [0.4, 0.5) is 4.39 Å². The zero-order chi connectivity index (χ0) is 23.6. The smallest absolute Gasteiger partial charge is 0.216 e. The molecule has 0 bridgehead atoms. The van der Waals surface area contributed by atoms with Crippen LogP contribution in [0.5, 0.6) is 0 Å². The van der Waals surface area contributed by atoms with Gasteiger partial charge in [0.1, 0.15) is 23.0 Å². The highest BCUT2D eigenvalue weighted by Gasteiger charge is 2.27. The fourth-order valence-corrected chi connectivity index (χ4v) is 4.77. The first-order valence-corrected chi connectivity index (χ1v) is 11.8. The lowest BCUT2D eigenvalue weighted by atomic mass is 9.98. The van der Waals surface area contributed by atoms with Crippen molar-refractivity contribution >= 4 is 16.3 Å². The van der Waals surface area contributed by atoms with Crippen molar-refractivity contribution < 1.29 is 17.6 Å². The number of benzene rings is 2. The van der Waals surface area contributed by atoms with Gasteiger partial charge in [-0.05, 0) is 42.8 Å². The maximum Gasteiger partial charge on any atom is 0.216 e. The largest absolute Gasteiger partial charge is 0.298 e. The molecule has 0 saturated carbocycles. The van der Waals surface area contributed by atoms with E-state index >= 15 is 4.39 Å². The Kier molecular flexibility index (Phi) is 6.17. The first-order valence-electron chi connectivity index (χ1n) is 10.2. The minimum absolute atomic E-state index is 0.0151. The monoisotopic (exact) mass is 464 g/mol. The van der Waals surface area contributed by atoms with E-state index in [9.17, 15) is 13.2 Å². The van der Waals surface area contributed by atoms with Crippen LogP contribution in [-0.4, -0.2) is 29.5 Å². The molecule has 4 rings (SSSR count). The maximum absolute atomic E-state index is 15.7. The molecule has 1 unspecified atom stereocenters. The number of nitrogens with zero attached hydrogens (tertiary/aromatic N) is 3. The number of hydrogen-bond acceptors (Lipinski definition) is 5. The van der Waals surface area contributed by atoms with Crippen molar-refractivity contribution in [2.24, 2.45) is 5.14 Å². The molecule has 168 valence electrons. The van der Waals surface area contributed by atoms with E-state index in [1.54, 1.807) is 78.7 Å². The van der Waals surface area contributed by atoms with Gasteiger partial charge in [0, 0.05) is 46.4 Å². The van der Waals surface area contributed by atoms with E-state index in [-0.39, 0.29) is 17.5 Å². The normalized spacial score (nSPS) is 12.5. The molecule has 0 spiro atoms. The topological polar surface area (TPSA) is 108 Å². The number of nitrogens with two attached hydrogens (primary N) is 1. The van der Waals surface area contributed by atoms with Gasteiger partial charge in [-0.25, -0.2) is 22.6 Å². The predicted molar refractivity (Wildman–Crippen MR) is 124 cm³/mol. The Labute approximate surface area is 190 Å². The number of aromatic nitrogens is 3. The van der Waals surface area contributed by atoms with Crippen LogP contribution in [0.3, 0.4) is 0 Å². The van der Waals surface area contributed by atoms with Crippen LogP contribution >= 0.6 is 0 Å². The molecular weight excluding hydrogens is 443 g/mol. The van der Waals surface area contributed by atoms with Crippen molar-refractivity contribution in [2.45, 2.75) is 18.6 Å². The van der Waals surface area contributed by atoms with Gasteiger partial charge in [0.05, 0.1) is 5.69 Å². The second kappa shape index (κ2) is 9.05. The molecule has 0 aliphatic heterocycles. The molecule has 2 heterocycles. The molecule has 0 aliphatic carbocycles. The zero-order valence-electron chi connectivity index (χ0n) is 17.7. The average Bonchev–Trinajstić information content (AvgIpc) is 3.25. The summed E-state index contributed by atoms with van der Waals surface area (Å²) in [6.45, 7) is 1.64. The van der Waals surface area contributed by atoms with Gasteiger partial charge in [0.25, 0.3) is 0 Å². The number of carbonyl (C=O) groups excluding carboxylic acids is 1. The second-order valence-electron chi connectivity index (χ2n) is 7.48. The van der Waals surface area contributed by atoms with Crippen LogP contribution in [0.15, 0.2) is 73.2 Å². The first-order chi connectivity index (χ1) is 15.8. The third kappa shape index (κ3) is 4.46. The zero-order valence-corrected chi connectivity index (χ0v) is 18.5. The summed E-state index contributed by atoms with van der Waals surface area (Å²) >= 11 is 0. The number of pyridine rings is 1. The van der Waals surface area contributed by atoms with Crippen LogP contribution in [-0.2, 0) is 10.0 Å². The molecule has 33 heavy (non-hydrogen) atoms. The minimum Gasteiger partial charge on any atom is -0.298 e. The Balaban J connectivity index is 1.92. The molecule has 1 atom stereocenters. The summed E-state index contributed by atoms with van der Waals surface area (Å²) in [7, 11) is -3.99. The molecular formula is C24H21FN4O3S. The summed E-state index contributed by atoms with van der Waals surface area (Å²) in [6.07, 6.45) is 5.78. The summed E-state index contributed by atoms with van der Waals surface area (Å²) in [4.78, 5) is 15.0. The van der Waals surface area contributed by atoms with E-state index in [0.29, 0.717) is 28.1 Å². The van der Waals surface area contributed by atoms with Crippen molar-refractivity contribution in [2.75, 3.05) is 0 Å². The molecule has 0 saturated heterocycles. The molecule has 2 N–H and O–H groups in total. The van der Waals surface area contributed by atoms with Gasteiger partial charge >= 0.3 is 0 Å². The van der Waals surface area contributed by atoms with E-state index in [4.69, 9.17) is 5.14 Å². The lowest BCUT2D eigenvalue weighted by Crippen LogP contribution is -2.22. The third-order valence-corrected chi connectivity index (χ3v) is 6.78. The summed E-state index contributed by atoms with van der Waals surface area (Å²) in [5, 5.41) is 8.86. The Hall–Kier alpha value is -3.69. The van der Waals surface area contributed by atoms with E-state index in [2.05, 4.69) is 10.1 Å². The number of aldehydes is 1. The number of primary sulfonamides is 1. The number of sulfonamides is 1. The van der Waals surface area contributed by atoms with Gasteiger partial charge in [-0.2, -0.15) is 5.10 Å². The molecule has 7 nitrogen and oxygen atoms in total. The van der Waals surface area contributed by atoms with Crippen LogP contribution in [0.1, 0.15) is 34.5 Å². The summed E-state index contributed by atoms with van der Waals surface area (Å²) in [6, 6.07) is 14.9. The fraction of sp³-hybridized carbons (Fsp3) is 0.125. The van der Waals surface area contributed by atoms with E-state index in [0.717, 1.165) is 6.29 Å². The number of hydrogen-bond donors (Lipinski definition) is 1. The fourth-order valence-electron chi connectivity index (χ4n) is 3.77. The molecule has 4 aromatic rings. The molecule has 2 aromatic heterocycles. The summed E-state index contributed by atoms with van der Waals surface area (Å²) in [5.74, 6) is -0.662. The number of halogens is 1. The van der Waals surface area contributed by atoms with E-state index in [1.165, 1.54) is 6.07 Å². The van der Waals surface area contributed by atoms with Crippen molar-refractivity contribution in [1.29, 1.82) is 0 Å². The van der Waals surface area contributed by atoms with E-state index in [1.807, 2.05) is 0 Å². The van der Waals surface area contributed by atoms with E-state index < -0.39 is 21.1 Å². The molecule has 2 aromatic carbocycles. The molecule has 0 radical (unpaired) electrons. The van der Waals surface area contributed by atoms with Crippen LogP contribution in [0.2, 0.25) is 0 Å². The van der Waals surface area contributed by atoms with Crippen molar-refractivity contribution in [1.82, 2.24) is 14.8 Å². The van der Waals surface area contributed by atoms with Gasteiger partial charge in [-0.15, -0.1) is 0 Å². The van der Waals surface area contributed by atoms with Crippen LogP contribution < -0.4 is 5.14 Å². The van der Waals surface area contributed by atoms with Gasteiger partial charge < -0.3 is 0 Å². The maximum atomic E-state index is 15.7. The Bertz CT molecular complexity index is 1400. The Morgan fingerprint density at radius 2 is 1.76 bits per heavy atom. The van der Waals surface area contributed by atoms with Gasteiger partial charge in [0.15, 0.2) is 0 Å². The quantitative estimate of drug-likeness (QED) is 0.411. The van der Waals surface area contributed by atoms with Gasteiger partial charge in [0.2, 0.25) is 10.0 Å². The Morgan fingerprint density at radius 3 is 2.36 bits per heavy atom. The number of rotatable bonds is 7. The van der Waals surface area contributed by atoms with Crippen molar-refractivity contribution in [3.05, 3.63) is 90.1 Å². The lowest BCUT2D eigenvalue weighted by Gasteiger charge is -2.16. The van der Waals surface area contributed by atoms with Gasteiger partial charge in [-0.3, -0.25) is 9.78 Å². The van der Waals surface area contributed by atoms with Crippen molar-refractivity contribution in [3.8, 4) is 28.1 Å².